The normalized spacial score (nSPS) is 15.2. The van der Waals surface area contributed by atoms with Gasteiger partial charge in [0.1, 0.15) is 17.5 Å². The number of carbonyl (C=O) groups excluding carboxylic acids is 2. The molecular formula is C36H37NO5. The van der Waals surface area contributed by atoms with E-state index in [0.29, 0.717) is 11.3 Å². The van der Waals surface area contributed by atoms with Crippen LogP contribution < -0.4 is 4.74 Å². The summed E-state index contributed by atoms with van der Waals surface area (Å²) in [5, 5.41) is 2.19. The van der Waals surface area contributed by atoms with Crippen molar-refractivity contribution in [2.75, 3.05) is 13.7 Å². The highest BCUT2D eigenvalue weighted by Crippen LogP contribution is 2.38. The minimum atomic E-state index is -0.666. The van der Waals surface area contributed by atoms with Crippen molar-refractivity contribution in [3.8, 4) is 5.75 Å². The number of hydrogen-bond acceptors (Lipinski definition) is 5. The fourth-order valence-corrected chi connectivity index (χ4v) is 5.41. The van der Waals surface area contributed by atoms with E-state index in [9.17, 15) is 9.59 Å². The molecule has 1 heterocycles. The molecule has 216 valence electrons. The summed E-state index contributed by atoms with van der Waals surface area (Å²) in [6.07, 6.45) is 1.15. The van der Waals surface area contributed by atoms with Gasteiger partial charge in [-0.2, -0.15) is 0 Å². The molecule has 0 fully saturated rings. The van der Waals surface area contributed by atoms with Crippen LogP contribution in [0.15, 0.2) is 91.0 Å². The summed E-state index contributed by atoms with van der Waals surface area (Å²) in [5.41, 5.74) is 4.42. The Kier molecular flexibility index (Phi) is 8.08. The predicted octanol–water partition coefficient (Wildman–Crippen LogP) is 8.13. The summed E-state index contributed by atoms with van der Waals surface area (Å²) in [6.45, 7) is 9.77. The molecule has 1 amide bonds. The van der Waals surface area contributed by atoms with Gasteiger partial charge >= 0.3 is 12.1 Å². The number of carbonyl (C=O) groups is 2. The van der Waals surface area contributed by atoms with Crippen LogP contribution >= 0.6 is 0 Å². The zero-order valence-electron chi connectivity index (χ0n) is 25.0. The molecule has 0 saturated carbocycles. The molecule has 6 nitrogen and oxygen atoms in total. The lowest BCUT2D eigenvalue weighted by atomic mass is 9.91. The van der Waals surface area contributed by atoms with Crippen molar-refractivity contribution in [2.45, 2.75) is 52.4 Å². The molecule has 2 atom stereocenters. The Morgan fingerprint density at radius 3 is 2.43 bits per heavy atom. The van der Waals surface area contributed by atoms with Crippen molar-refractivity contribution in [1.82, 2.24) is 4.90 Å². The Balaban J connectivity index is 1.56. The van der Waals surface area contributed by atoms with Crippen molar-refractivity contribution in [1.29, 1.82) is 0 Å². The van der Waals surface area contributed by atoms with E-state index in [1.165, 1.54) is 7.11 Å². The van der Waals surface area contributed by atoms with E-state index >= 15 is 0 Å². The highest BCUT2D eigenvalue weighted by molar-refractivity contribution is 5.94. The van der Waals surface area contributed by atoms with Gasteiger partial charge in [0.2, 0.25) is 0 Å². The Morgan fingerprint density at radius 1 is 0.952 bits per heavy atom. The molecule has 0 unspecified atom stereocenters. The first-order valence-electron chi connectivity index (χ1n) is 14.2. The lowest BCUT2D eigenvalue weighted by Crippen LogP contribution is -2.44. The van der Waals surface area contributed by atoms with Gasteiger partial charge in [-0.25, -0.2) is 9.59 Å². The van der Waals surface area contributed by atoms with Crippen LogP contribution in [0.3, 0.4) is 0 Å². The number of amides is 1. The van der Waals surface area contributed by atoms with E-state index in [-0.39, 0.29) is 18.6 Å². The minimum absolute atomic E-state index is 0.257. The molecule has 4 aromatic carbocycles. The summed E-state index contributed by atoms with van der Waals surface area (Å²) >= 11 is 0. The van der Waals surface area contributed by atoms with Crippen LogP contribution in [-0.2, 0) is 9.47 Å². The molecule has 0 aliphatic carbocycles. The average Bonchev–Trinajstić information content (AvgIpc) is 2.97. The summed E-state index contributed by atoms with van der Waals surface area (Å²) in [5.74, 6) is 0.328. The maximum absolute atomic E-state index is 13.7. The summed E-state index contributed by atoms with van der Waals surface area (Å²) in [7, 11) is 1.38. The smallest absolute Gasteiger partial charge is 0.410 e. The van der Waals surface area contributed by atoms with Crippen molar-refractivity contribution in [3.05, 3.63) is 119 Å². The van der Waals surface area contributed by atoms with E-state index in [2.05, 4.69) is 24.3 Å². The summed E-state index contributed by atoms with van der Waals surface area (Å²) in [4.78, 5) is 28.0. The zero-order chi connectivity index (χ0) is 30.0. The second kappa shape index (κ2) is 11.7. The maximum atomic E-state index is 13.7. The Bertz CT molecular complexity index is 1660. The Morgan fingerprint density at radius 2 is 1.67 bits per heavy atom. The van der Waals surface area contributed by atoms with Gasteiger partial charge in [-0.3, -0.25) is 4.90 Å². The monoisotopic (exact) mass is 563 g/mol. The minimum Gasteiger partial charge on any atom is -0.484 e. The van der Waals surface area contributed by atoms with E-state index in [1.54, 1.807) is 4.90 Å². The van der Waals surface area contributed by atoms with Crippen molar-refractivity contribution in [3.63, 3.8) is 0 Å². The largest absolute Gasteiger partial charge is 0.484 e. The number of rotatable bonds is 6. The number of esters is 1. The van der Waals surface area contributed by atoms with Gasteiger partial charge in [0.15, 0.2) is 0 Å². The van der Waals surface area contributed by atoms with Gasteiger partial charge in [0.25, 0.3) is 0 Å². The van der Waals surface area contributed by atoms with E-state index in [1.807, 2.05) is 101 Å². The summed E-state index contributed by atoms with van der Waals surface area (Å²) in [6, 6.07) is 27.6. The molecule has 0 aromatic heterocycles. The standard InChI is InChI=1S/C36H37NO5/c1-23-18-19-26(20-31(23)34(38)40-6)32-21-27(41-33-17-10-9-15-30(32)33)22-37(35(39)42-36(3,4)5)24(2)28-16-11-13-25-12-7-8-14-29(25)28/h7-21,24,27H,22H2,1-6H3/t24-,27-/m1/s1. The topological polar surface area (TPSA) is 65.1 Å². The molecule has 5 rings (SSSR count). The van der Waals surface area contributed by atoms with Gasteiger partial charge < -0.3 is 14.2 Å². The number of hydrogen-bond donors (Lipinski definition) is 0. The number of benzene rings is 4. The third-order valence-electron chi connectivity index (χ3n) is 7.51. The molecule has 0 N–H and O–H groups in total. The SMILES string of the molecule is COC(=O)c1cc(C2=C[C@H](CN(C(=O)OC(C)(C)C)[C@H](C)c3cccc4ccccc34)Oc3ccccc32)ccc1C. The number of aryl methyl sites for hydroxylation is 1. The van der Waals surface area contributed by atoms with E-state index < -0.39 is 17.8 Å². The van der Waals surface area contributed by atoms with Crippen LogP contribution in [0.5, 0.6) is 5.75 Å². The van der Waals surface area contributed by atoms with Gasteiger partial charge in [-0.15, -0.1) is 0 Å². The molecule has 42 heavy (non-hydrogen) atoms. The van der Waals surface area contributed by atoms with Gasteiger partial charge in [0.05, 0.1) is 25.3 Å². The van der Waals surface area contributed by atoms with Crippen LogP contribution in [0.25, 0.3) is 16.3 Å². The lowest BCUT2D eigenvalue weighted by molar-refractivity contribution is 0.0110. The fourth-order valence-electron chi connectivity index (χ4n) is 5.41. The molecule has 0 bridgehead atoms. The molecule has 1 aliphatic heterocycles. The first-order chi connectivity index (χ1) is 20.1. The number of ether oxygens (including phenoxy) is 3. The number of methoxy groups -OCH3 is 1. The average molecular weight is 564 g/mol. The number of nitrogens with zero attached hydrogens (tertiary/aromatic N) is 1. The molecule has 0 spiro atoms. The maximum Gasteiger partial charge on any atom is 0.410 e. The molecule has 0 radical (unpaired) electrons. The van der Waals surface area contributed by atoms with Gasteiger partial charge in [-0.1, -0.05) is 72.8 Å². The van der Waals surface area contributed by atoms with Crippen molar-refractivity contribution < 1.29 is 23.8 Å². The molecule has 1 aliphatic rings. The second-order valence-electron chi connectivity index (χ2n) is 11.6. The first kappa shape index (κ1) is 28.9. The van der Waals surface area contributed by atoms with Crippen molar-refractivity contribution >= 4 is 28.4 Å². The number of fused-ring (bicyclic) bond motifs is 2. The quantitative estimate of drug-likeness (QED) is 0.222. The molecular weight excluding hydrogens is 526 g/mol. The van der Waals surface area contributed by atoms with Crippen LogP contribution in [-0.4, -0.2) is 42.3 Å². The highest BCUT2D eigenvalue weighted by atomic mass is 16.6. The van der Waals surface area contributed by atoms with Crippen LogP contribution in [0.4, 0.5) is 4.79 Å². The third-order valence-corrected chi connectivity index (χ3v) is 7.51. The molecule has 4 aromatic rings. The Labute approximate surface area is 247 Å². The van der Waals surface area contributed by atoms with Crippen molar-refractivity contribution in [2.24, 2.45) is 0 Å². The van der Waals surface area contributed by atoms with Gasteiger partial charge in [0, 0.05) is 5.56 Å². The zero-order valence-corrected chi connectivity index (χ0v) is 25.0. The van der Waals surface area contributed by atoms with Crippen LogP contribution in [0.1, 0.15) is 66.3 Å². The number of para-hydroxylation sites is 1. The summed E-state index contributed by atoms with van der Waals surface area (Å²) < 4.78 is 17.4. The third kappa shape index (κ3) is 6.03. The highest BCUT2D eigenvalue weighted by Gasteiger charge is 2.32. The van der Waals surface area contributed by atoms with Crippen LogP contribution in [0, 0.1) is 6.92 Å². The molecule has 6 heteroatoms. The van der Waals surface area contributed by atoms with E-state index in [0.717, 1.165) is 38.6 Å². The lowest BCUT2D eigenvalue weighted by Gasteiger charge is -2.35. The second-order valence-corrected chi connectivity index (χ2v) is 11.6. The van der Waals surface area contributed by atoms with Crippen LogP contribution in [0.2, 0.25) is 0 Å². The van der Waals surface area contributed by atoms with Gasteiger partial charge in [-0.05, 0) is 85.9 Å². The van der Waals surface area contributed by atoms with E-state index in [4.69, 9.17) is 14.2 Å². The predicted molar refractivity (Wildman–Crippen MR) is 166 cm³/mol. The molecule has 0 saturated heterocycles. The first-order valence-corrected chi connectivity index (χ1v) is 14.2. The Hall–Kier alpha value is -4.58. The fraction of sp³-hybridized carbons (Fsp3) is 0.278.